The van der Waals surface area contributed by atoms with Gasteiger partial charge in [-0.15, -0.1) is 0 Å². The number of aromatic nitrogens is 1. The van der Waals surface area contributed by atoms with Gasteiger partial charge in [0.15, 0.2) is 0 Å². The van der Waals surface area contributed by atoms with Crippen LogP contribution in [0.4, 0.5) is 0 Å². The Bertz CT molecular complexity index is 359. The highest BCUT2D eigenvalue weighted by Gasteiger charge is 2.21. The molecule has 0 atom stereocenters. The molecule has 0 N–H and O–H groups in total. The number of nitrogens with zero attached hydrogens (tertiary/aromatic N) is 2. The van der Waals surface area contributed by atoms with Gasteiger partial charge < -0.3 is 0 Å². The van der Waals surface area contributed by atoms with Crippen LogP contribution in [0.5, 0.6) is 0 Å². The van der Waals surface area contributed by atoms with E-state index in [2.05, 4.69) is 45.9 Å². The van der Waals surface area contributed by atoms with Crippen molar-refractivity contribution in [2.75, 3.05) is 7.05 Å². The lowest BCUT2D eigenvalue weighted by Gasteiger charge is -2.33. The van der Waals surface area contributed by atoms with Crippen LogP contribution in [0.1, 0.15) is 38.2 Å². The Kier molecular flexibility index (Phi) is 4.57. The lowest BCUT2D eigenvalue weighted by Crippen LogP contribution is -2.34. The zero-order valence-corrected chi connectivity index (χ0v) is 12.3. The summed E-state index contributed by atoms with van der Waals surface area (Å²) in [6.45, 7) is 3.37. The molecule has 0 amide bonds. The quantitative estimate of drug-likeness (QED) is 0.842. The monoisotopic (exact) mass is 296 g/mol. The average molecular weight is 297 g/mol. The molecule has 1 aliphatic rings. The summed E-state index contributed by atoms with van der Waals surface area (Å²) >= 11 is 3.47. The van der Waals surface area contributed by atoms with Crippen LogP contribution >= 0.6 is 15.9 Å². The highest BCUT2D eigenvalue weighted by Crippen LogP contribution is 2.27. The van der Waals surface area contributed by atoms with E-state index in [1.165, 1.54) is 31.2 Å². The highest BCUT2D eigenvalue weighted by molar-refractivity contribution is 9.10. The third kappa shape index (κ3) is 3.78. The summed E-state index contributed by atoms with van der Waals surface area (Å²) in [5.41, 5.74) is 1.29. The first-order valence-electron chi connectivity index (χ1n) is 6.45. The van der Waals surface area contributed by atoms with Crippen molar-refractivity contribution in [1.29, 1.82) is 0 Å². The van der Waals surface area contributed by atoms with Gasteiger partial charge in [0.05, 0.1) is 0 Å². The molecule has 1 fully saturated rings. The van der Waals surface area contributed by atoms with E-state index in [1.54, 1.807) is 0 Å². The largest absolute Gasteiger partial charge is 0.299 e. The summed E-state index contributed by atoms with van der Waals surface area (Å²) in [6, 6.07) is 2.92. The topological polar surface area (TPSA) is 16.1 Å². The molecule has 0 aliphatic heterocycles. The molecular weight excluding hydrogens is 276 g/mol. The lowest BCUT2D eigenvalue weighted by molar-refractivity contribution is 0.164. The van der Waals surface area contributed by atoms with E-state index < -0.39 is 0 Å². The van der Waals surface area contributed by atoms with E-state index in [1.807, 2.05) is 12.4 Å². The summed E-state index contributed by atoms with van der Waals surface area (Å²) in [5.74, 6) is 0.923. The molecule has 3 heteroatoms. The van der Waals surface area contributed by atoms with E-state index in [9.17, 15) is 0 Å². The molecule has 1 aromatic heterocycles. The van der Waals surface area contributed by atoms with Gasteiger partial charge in [-0.05, 0) is 66.2 Å². The Balaban J connectivity index is 1.90. The Morgan fingerprint density at radius 2 is 2.00 bits per heavy atom. The number of halogens is 1. The molecule has 94 valence electrons. The maximum Gasteiger partial charge on any atom is 0.0410 e. The van der Waals surface area contributed by atoms with E-state index in [0.717, 1.165) is 23.0 Å². The molecule has 0 spiro atoms. The van der Waals surface area contributed by atoms with E-state index >= 15 is 0 Å². The first-order chi connectivity index (χ1) is 8.15. The van der Waals surface area contributed by atoms with Crippen LogP contribution < -0.4 is 0 Å². The Morgan fingerprint density at radius 3 is 2.65 bits per heavy atom. The number of hydrogen-bond acceptors (Lipinski definition) is 2. The minimum atomic E-state index is 0.755. The van der Waals surface area contributed by atoms with Crippen molar-refractivity contribution < 1.29 is 0 Å². The van der Waals surface area contributed by atoms with Crippen molar-refractivity contribution in [2.45, 2.75) is 45.2 Å². The SMILES string of the molecule is CC1CCC(N(C)Cc2cncc(Br)c2)CC1. The minimum Gasteiger partial charge on any atom is -0.299 e. The molecule has 2 rings (SSSR count). The van der Waals surface area contributed by atoms with Gasteiger partial charge in [-0.1, -0.05) is 6.92 Å². The first-order valence-corrected chi connectivity index (χ1v) is 7.24. The predicted octanol–water partition coefficient (Wildman–Crippen LogP) is 3.85. The standard InChI is InChI=1S/C14H21BrN2/c1-11-3-5-14(6-4-11)17(2)10-12-7-13(15)9-16-8-12/h7-9,11,14H,3-6,10H2,1-2H3. The number of rotatable bonds is 3. The van der Waals surface area contributed by atoms with Gasteiger partial charge in [0, 0.05) is 29.5 Å². The molecule has 1 aliphatic carbocycles. The Morgan fingerprint density at radius 1 is 1.29 bits per heavy atom. The van der Waals surface area contributed by atoms with Crippen LogP contribution in [0.3, 0.4) is 0 Å². The third-order valence-electron chi connectivity index (χ3n) is 3.80. The second-order valence-corrected chi connectivity index (χ2v) is 6.26. The normalized spacial score (nSPS) is 25.2. The Labute approximate surface area is 113 Å². The van der Waals surface area contributed by atoms with E-state index in [0.29, 0.717) is 0 Å². The molecular formula is C14H21BrN2. The average Bonchev–Trinajstić information content (AvgIpc) is 2.29. The minimum absolute atomic E-state index is 0.755. The molecule has 1 heterocycles. The van der Waals surface area contributed by atoms with Gasteiger partial charge in [-0.3, -0.25) is 9.88 Å². The fourth-order valence-electron chi connectivity index (χ4n) is 2.64. The van der Waals surface area contributed by atoms with Crippen LogP contribution in [0.15, 0.2) is 22.9 Å². The first kappa shape index (κ1) is 13.0. The van der Waals surface area contributed by atoms with Gasteiger partial charge in [-0.25, -0.2) is 0 Å². The van der Waals surface area contributed by atoms with Crippen LogP contribution in [-0.2, 0) is 6.54 Å². The van der Waals surface area contributed by atoms with Crippen molar-refractivity contribution in [3.8, 4) is 0 Å². The van der Waals surface area contributed by atoms with Gasteiger partial charge in [0.25, 0.3) is 0 Å². The summed E-state index contributed by atoms with van der Waals surface area (Å²) in [7, 11) is 2.24. The van der Waals surface area contributed by atoms with Crippen molar-refractivity contribution in [3.63, 3.8) is 0 Å². The second kappa shape index (κ2) is 5.96. The van der Waals surface area contributed by atoms with Crippen LogP contribution in [0.25, 0.3) is 0 Å². The van der Waals surface area contributed by atoms with Crippen LogP contribution in [0, 0.1) is 5.92 Å². The summed E-state index contributed by atoms with van der Waals surface area (Å²) < 4.78 is 1.07. The summed E-state index contributed by atoms with van der Waals surface area (Å²) in [5, 5.41) is 0. The molecule has 2 nitrogen and oxygen atoms in total. The number of hydrogen-bond donors (Lipinski definition) is 0. The Hall–Kier alpha value is -0.410. The predicted molar refractivity (Wildman–Crippen MR) is 74.8 cm³/mol. The van der Waals surface area contributed by atoms with Gasteiger partial charge in [-0.2, -0.15) is 0 Å². The van der Waals surface area contributed by atoms with E-state index in [4.69, 9.17) is 0 Å². The van der Waals surface area contributed by atoms with Gasteiger partial charge in [0.1, 0.15) is 0 Å². The summed E-state index contributed by atoms with van der Waals surface area (Å²) in [4.78, 5) is 6.70. The third-order valence-corrected chi connectivity index (χ3v) is 4.24. The molecule has 17 heavy (non-hydrogen) atoms. The fourth-order valence-corrected chi connectivity index (χ4v) is 3.05. The number of pyridine rings is 1. The lowest BCUT2D eigenvalue weighted by atomic mass is 9.86. The molecule has 0 unspecified atom stereocenters. The molecule has 0 aromatic carbocycles. The highest BCUT2D eigenvalue weighted by atomic mass is 79.9. The van der Waals surface area contributed by atoms with Crippen molar-refractivity contribution in [3.05, 3.63) is 28.5 Å². The zero-order chi connectivity index (χ0) is 12.3. The maximum absolute atomic E-state index is 4.22. The fraction of sp³-hybridized carbons (Fsp3) is 0.643. The molecule has 0 saturated heterocycles. The van der Waals surface area contributed by atoms with Gasteiger partial charge in [0.2, 0.25) is 0 Å². The van der Waals surface area contributed by atoms with Crippen molar-refractivity contribution in [2.24, 2.45) is 5.92 Å². The van der Waals surface area contributed by atoms with E-state index in [-0.39, 0.29) is 0 Å². The molecule has 0 bridgehead atoms. The zero-order valence-electron chi connectivity index (χ0n) is 10.7. The molecule has 0 radical (unpaired) electrons. The smallest absolute Gasteiger partial charge is 0.0410 e. The van der Waals surface area contributed by atoms with Crippen molar-refractivity contribution >= 4 is 15.9 Å². The van der Waals surface area contributed by atoms with Crippen LogP contribution in [0.2, 0.25) is 0 Å². The maximum atomic E-state index is 4.22. The molecule has 1 saturated carbocycles. The van der Waals surface area contributed by atoms with Crippen molar-refractivity contribution in [1.82, 2.24) is 9.88 Å². The molecule has 1 aromatic rings. The van der Waals surface area contributed by atoms with Gasteiger partial charge >= 0.3 is 0 Å². The summed E-state index contributed by atoms with van der Waals surface area (Å²) in [6.07, 6.45) is 9.26. The van der Waals surface area contributed by atoms with Crippen LogP contribution in [-0.4, -0.2) is 23.0 Å². The second-order valence-electron chi connectivity index (χ2n) is 5.34.